The van der Waals surface area contributed by atoms with Crippen LogP contribution < -0.4 is 9.47 Å². The molecule has 8 heteroatoms. The Morgan fingerprint density at radius 1 is 1.06 bits per heavy atom. The van der Waals surface area contributed by atoms with Crippen LogP contribution >= 0.6 is 23.2 Å². The third-order valence-corrected chi connectivity index (χ3v) is 6.54. The highest BCUT2D eigenvalue weighted by Crippen LogP contribution is 2.38. The number of carbonyl (C=O) groups excluding carboxylic acids is 1. The van der Waals surface area contributed by atoms with E-state index in [0.29, 0.717) is 52.2 Å². The predicted octanol–water partition coefficient (Wildman–Crippen LogP) is 6.07. The Hall–Kier alpha value is -2.09. The van der Waals surface area contributed by atoms with E-state index in [9.17, 15) is 9.90 Å². The van der Waals surface area contributed by atoms with Crippen molar-refractivity contribution in [2.75, 3.05) is 27.4 Å². The number of aldehydes is 1. The minimum atomic E-state index is -0.518. The summed E-state index contributed by atoms with van der Waals surface area (Å²) in [6.07, 6.45) is 5.90. The van der Waals surface area contributed by atoms with Gasteiger partial charge in [-0.25, -0.2) is 0 Å². The largest absolute Gasteiger partial charge is 0.495 e. The maximum atomic E-state index is 11.7. The average molecular weight is 509 g/mol. The van der Waals surface area contributed by atoms with Gasteiger partial charge in [0.05, 0.1) is 49.6 Å². The lowest BCUT2D eigenvalue weighted by Crippen LogP contribution is -2.28. The zero-order valence-electron chi connectivity index (χ0n) is 19.7. The number of benzene rings is 2. The molecular weight excluding hydrogens is 479 g/mol. The lowest BCUT2D eigenvalue weighted by atomic mass is 9.93. The number of ether oxygens (including phenoxy) is 4. The molecule has 0 atom stereocenters. The van der Waals surface area contributed by atoms with E-state index < -0.39 is 5.79 Å². The molecule has 0 spiro atoms. The first-order valence-corrected chi connectivity index (χ1v) is 12.0. The molecule has 3 rings (SSSR count). The van der Waals surface area contributed by atoms with Gasteiger partial charge in [0.15, 0.2) is 12.1 Å². The summed E-state index contributed by atoms with van der Waals surface area (Å²) in [5.74, 6) is 0.230. The van der Waals surface area contributed by atoms with Crippen LogP contribution in [-0.2, 0) is 16.1 Å². The number of aliphatic hydroxyl groups is 1. The Labute approximate surface area is 210 Å². The van der Waals surface area contributed by atoms with Gasteiger partial charge < -0.3 is 24.1 Å². The maximum Gasteiger partial charge on any atom is 0.168 e. The molecular formula is C26H30Cl2O6. The summed E-state index contributed by atoms with van der Waals surface area (Å²) in [6.45, 7) is 3.05. The smallest absolute Gasteiger partial charge is 0.168 e. The highest BCUT2D eigenvalue weighted by atomic mass is 35.5. The van der Waals surface area contributed by atoms with Gasteiger partial charge in [-0.1, -0.05) is 36.2 Å². The van der Waals surface area contributed by atoms with Crippen LogP contribution in [-0.4, -0.2) is 44.6 Å². The number of methoxy groups -OCH3 is 2. The zero-order valence-corrected chi connectivity index (χ0v) is 21.2. The van der Waals surface area contributed by atoms with Gasteiger partial charge in [0.2, 0.25) is 0 Å². The number of hydrogen-bond donors (Lipinski definition) is 1. The maximum absolute atomic E-state index is 11.7. The number of carbonyl (C=O) groups is 1. The normalized spacial score (nSPS) is 15.4. The molecule has 0 radical (unpaired) electrons. The molecule has 2 aromatic rings. The summed E-state index contributed by atoms with van der Waals surface area (Å²) in [6, 6.07) is 7.09. The SMILES string of the molecule is CCC1(CCC/C=C(\c2cc(Cl)c(OC)c(C=O)c2)c2cc(Cl)c(OC)c(CO)c2)OCCO1. The Bertz CT molecular complexity index is 1040. The molecule has 184 valence electrons. The van der Waals surface area contributed by atoms with Crippen molar-refractivity contribution in [2.24, 2.45) is 0 Å². The van der Waals surface area contributed by atoms with Crippen molar-refractivity contribution in [3.63, 3.8) is 0 Å². The molecule has 6 nitrogen and oxygen atoms in total. The molecule has 34 heavy (non-hydrogen) atoms. The van der Waals surface area contributed by atoms with Crippen LogP contribution in [0.1, 0.15) is 59.7 Å². The minimum absolute atomic E-state index is 0.235. The fourth-order valence-corrected chi connectivity index (χ4v) is 4.89. The second-order valence-corrected chi connectivity index (χ2v) is 8.79. The van der Waals surface area contributed by atoms with Gasteiger partial charge in [-0.3, -0.25) is 4.79 Å². The van der Waals surface area contributed by atoms with Crippen LogP contribution in [0.2, 0.25) is 10.0 Å². The molecule has 0 aliphatic carbocycles. The summed E-state index contributed by atoms with van der Waals surface area (Å²) < 4.78 is 22.3. The van der Waals surface area contributed by atoms with Crippen molar-refractivity contribution in [3.05, 3.63) is 62.6 Å². The second-order valence-electron chi connectivity index (χ2n) is 7.98. The molecule has 0 saturated carbocycles. The summed E-state index contributed by atoms with van der Waals surface area (Å²) in [5.41, 5.74) is 3.23. The number of unbranched alkanes of at least 4 members (excludes halogenated alkanes) is 1. The first-order chi connectivity index (χ1) is 16.4. The summed E-state index contributed by atoms with van der Waals surface area (Å²) in [4.78, 5) is 11.7. The van der Waals surface area contributed by atoms with Crippen molar-refractivity contribution in [1.82, 2.24) is 0 Å². The molecule has 1 aliphatic heterocycles. The van der Waals surface area contributed by atoms with Gasteiger partial charge in [-0.05, 0) is 60.2 Å². The van der Waals surface area contributed by atoms with E-state index in [1.807, 2.05) is 6.07 Å². The molecule has 1 fully saturated rings. The van der Waals surface area contributed by atoms with Crippen molar-refractivity contribution < 1.29 is 28.8 Å². The third kappa shape index (κ3) is 5.75. The third-order valence-electron chi connectivity index (χ3n) is 5.98. The molecule has 0 bridgehead atoms. The van der Waals surface area contributed by atoms with Gasteiger partial charge in [0.1, 0.15) is 11.5 Å². The van der Waals surface area contributed by atoms with Gasteiger partial charge >= 0.3 is 0 Å². The highest BCUT2D eigenvalue weighted by molar-refractivity contribution is 6.33. The Balaban J connectivity index is 2.02. The first-order valence-electron chi connectivity index (χ1n) is 11.2. The van der Waals surface area contributed by atoms with E-state index in [4.69, 9.17) is 42.1 Å². The van der Waals surface area contributed by atoms with E-state index in [2.05, 4.69) is 13.0 Å². The topological polar surface area (TPSA) is 74.2 Å². The number of rotatable bonds is 11. The van der Waals surface area contributed by atoms with E-state index in [-0.39, 0.29) is 6.61 Å². The van der Waals surface area contributed by atoms with Gasteiger partial charge in [-0.15, -0.1) is 0 Å². The predicted molar refractivity (Wildman–Crippen MR) is 133 cm³/mol. The Morgan fingerprint density at radius 2 is 1.68 bits per heavy atom. The highest BCUT2D eigenvalue weighted by Gasteiger charge is 2.33. The van der Waals surface area contributed by atoms with Crippen molar-refractivity contribution in [1.29, 1.82) is 0 Å². The summed E-state index contributed by atoms with van der Waals surface area (Å²) in [5, 5.41) is 10.6. The standard InChI is InChI=1S/C26H30Cl2O6/c1-4-26(33-9-10-34-26)8-6-5-7-21(17-11-19(15-29)24(31-2)22(27)13-17)18-12-20(16-30)25(32-3)23(28)14-18/h7,11-15,30H,4-6,8-10,16H2,1-3H3/b21-7+. The Morgan fingerprint density at radius 3 is 2.24 bits per heavy atom. The summed E-state index contributed by atoms with van der Waals surface area (Å²) >= 11 is 12.9. The molecule has 1 N–H and O–H groups in total. The molecule has 1 aliphatic rings. The van der Waals surface area contributed by atoms with Crippen LogP contribution in [0, 0.1) is 0 Å². The van der Waals surface area contributed by atoms with Gasteiger partial charge in [0.25, 0.3) is 0 Å². The van der Waals surface area contributed by atoms with E-state index in [0.717, 1.165) is 42.4 Å². The second kappa shape index (κ2) is 12.0. The first kappa shape index (κ1) is 26.5. The van der Waals surface area contributed by atoms with Crippen LogP contribution in [0.25, 0.3) is 5.57 Å². The van der Waals surface area contributed by atoms with Crippen LogP contribution in [0.15, 0.2) is 30.3 Å². The monoisotopic (exact) mass is 508 g/mol. The van der Waals surface area contributed by atoms with Gasteiger partial charge in [-0.2, -0.15) is 0 Å². The molecule has 0 amide bonds. The lowest BCUT2D eigenvalue weighted by molar-refractivity contribution is -0.164. The zero-order chi connectivity index (χ0) is 24.7. The van der Waals surface area contributed by atoms with Crippen LogP contribution in [0.3, 0.4) is 0 Å². The van der Waals surface area contributed by atoms with E-state index in [1.54, 1.807) is 18.2 Å². The van der Waals surface area contributed by atoms with Crippen LogP contribution in [0.5, 0.6) is 11.5 Å². The molecule has 0 unspecified atom stereocenters. The van der Waals surface area contributed by atoms with Crippen molar-refractivity contribution in [3.8, 4) is 11.5 Å². The van der Waals surface area contributed by atoms with Crippen molar-refractivity contribution in [2.45, 2.75) is 45.0 Å². The number of halogens is 2. The van der Waals surface area contributed by atoms with Crippen LogP contribution in [0.4, 0.5) is 0 Å². The Kier molecular flexibility index (Phi) is 9.39. The average Bonchev–Trinajstić information content (AvgIpc) is 3.32. The lowest BCUT2D eigenvalue weighted by Gasteiger charge is -2.25. The summed E-state index contributed by atoms with van der Waals surface area (Å²) in [7, 11) is 2.98. The quantitative estimate of drug-likeness (QED) is 0.293. The molecule has 0 aromatic heterocycles. The number of aliphatic hydroxyl groups excluding tert-OH is 1. The fourth-order valence-electron chi connectivity index (χ4n) is 4.27. The minimum Gasteiger partial charge on any atom is -0.495 e. The molecule has 1 heterocycles. The molecule has 2 aromatic carbocycles. The number of hydrogen-bond acceptors (Lipinski definition) is 6. The number of allylic oxidation sites excluding steroid dienone is 1. The van der Waals surface area contributed by atoms with E-state index in [1.165, 1.54) is 14.2 Å². The fraction of sp³-hybridized carbons (Fsp3) is 0.423. The molecule has 1 saturated heterocycles. The van der Waals surface area contributed by atoms with E-state index >= 15 is 0 Å². The van der Waals surface area contributed by atoms with Crippen molar-refractivity contribution >= 4 is 35.1 Å². The van der Waals surface area contributed by atoms with Gasteiger partial charge in [0, 0.05) is 12.0 Å².